The van der Waals surface area contributed by atoms with E-state index in [0.717, 1.165) is 25.2 Å². The van der Waals surface area contributed by atoms with Crippen molar-refractivity contribution in [3.8, 4) is 0 Å². The van der Waals surface area contributed by atoms with Crippen molar-refractivity contribution in [3.63, 3.8) is 0 Å². The molecule has 1 N–H and O–H groups in total. The molecular formula is C8H15NO. The summed E-state index contributed by atoms with van der Waals surface area (Å²) in [4.78, 5) is 0. The average molecular weight is 141 g/mol. The van der Waals surface area contributed by atoms with Gasteiger partial charge in [0.15, 0.2) is 0 Å². The van der Waals surface area contributed by atoms with Crippen molar-refractivity contribution in [1.29, 1.82) is 0 Å². The second-order valence-electron chi connectivity index (χ2n) is 3.33. The Morgan fingerprint density at radius 3 is 3.30 bits per heavy atom. The molecule has 0 aliphatic carbocycles. The Labute approximate surface area is 61.9 Å². The van der Waals surface area contributed by atoms with Gasteiger partial charge in [0.25, 0.3) is 0 Å². The molecule has 2 rings (SSSR count). The first kappa shape index (κ1) is 6.62. The summed E-state index contributed by atoms with van der Waals surface area (Å²) in [6, 6.07) is 0.780. The molecule has 0 aromatic rings. The largest absolute Gasteiger partial charge is 0.381 e. The Morgan fingerprint density at radius 2 is 2.30 bits per heavy atom. The van der Waals surface area contributed by atoms with Crippen LogP contribution in [0.5, 0.6) is 0 Å². The summed E-state index contributed by atoms with van der Waals surface area (Å²) in [6.07, 6.45) is 3.89. The third-order valence-corrected chi connectivity index (χ3v) is 2.63. The molecule has 0 spiro atoms. The first-order valence-corrected chi connectivity index (χ1v) is 4.28. The normalized spacial score (nSPS) is 40.8. The highest BCUT2D eigenvalue weighted by molar-refractivity contribution is 4.84. The van der Waals surface area contributed by atoms with Crippen molar-refractivity contribution in [3.05, 3.63) is 0 Å². The van der Waals surface area contributed by atoms with Crippen LogP contribution in [0.15, 0.2) is 0 Å². The van der Waals surface area contributed by atoms with Gasteiger partial charge in [0.1, 0.15) is 0 Å². The molecule has 0 bridgehead atoms. The van der Waals surface area contributed by atoms with E-state index < -0.39 is 0 Å². The Kier molecular flexibility index (Phi) is 1.91. The lowest BCUT2D eigenvalue weighted by atomic mass is 9.99. The lowest BCUT2D eigenvalue weighted by Gasteiger charge is -2.13. The number of nitrogens with one attached hydrogen (secondary N) is 1. The first-order chi connectivity index (χ1) is 4.97. The van der Waals surface area contributed by atoms with Gasteiger partial charge in [-0.1, -0.05) is 0 Å². The summed E-state index contributed by atoms with van der Waals surface area (Å²) in [5.74, 6) is 0.822. The summed E-state index contributed by atoms with van der Waals surface area (Å²) in [7, 11) is 0. The van der Waals surface area contributed by atoms with Crippen molar-refractivity contribution in [2.45, 2.75) is 25.3 Å². The second-order valence-corrected chi connectivity index (χ2v) is 3.33. The third kappa shape index (κ3) is 1.18. The highest BCUT2D eigenvalue weighted by Gasteiger charge is 2.27. The monoisotopic (exact) mass is 141 g/mol. The number of hydrogen-bond acceptors (Lipinski definition) is 2. The van der Waals surface area contributed by atoms with Gasteiger partial charge >= 0.3 is 0 Å². The van der Waals surface area contributed by atoms with E-state index in [-0.39, 0.29) is 0 Å². The molecule has 2 fully saturated rings. The van der Waals surface area contributed by atoms with Gasteiger partial charge in [-0.3, -0.25) is 0 Å². The second kappa shape index (κ2) is 2.89. The van der Waals surface area contributed by atoms with Crippen LogP contribution in [-0.2, 0) is 4.74 Å². The van der Waals surface area contributed by atoms with Crippen LogP contribution in [0.2, 0.25) is 0 Å². The molecule has 2 heterocycles. The van der Waals surface area contributed by atoms with Gasteiger partial charge in [0.2, 0.25) is 0 Å². The van der Waals surface area contributed by atoms with Gasteiger partial charge in [-0.2, -0.15) is 0 Å². The van der Waals surface area contributed by atoms with Gasteiger partial charge in [-0.15, -0.1) is 0 Å². The molecule has 2 atom stereocenters. The Morgan fingerprint density at radius 1 is 1.30 bits per heavy atom. The quantitative estimate of drug-likeness (QED) is 0.538. The van der Waals surface area contributed by atoms with Crippen LogP contribution in [0.4, 0.5) is 0 Å². The standard InChI is InChI=1S/C8H15NO/c1-2-8-7(3-4-9-8)6-10-5-1/h7-9H,1-6H2. The predicted molar refractivity (Wildman–Crippen MR) is 40.0 cm³/mol. The minimum atomic E-state index is 0.780. The number of hydrogen-bond donors (Lipinski definition) is 1. The van der Waals surface area contributed by atoms with E-state index in [2.05, 4.69) is 5.32 Å². The van der Waals surface area contributed by atoms with Gasteiger partial charge in [-0.25, -0.2) is 0 Å². The van der Waals surface area contributed by atoms with Crippen LogP contribution in [0.25, 0.3) is 0 Å². The Bertz CT molecular complexity index is 104. The molecule has 2 heteroatoms. The zero-order valence-electron chi connectivity index (χ0n) is 6.31. The first-order valence-electron chi connectivity index (χ1n) is 4.28. The number of fused-ring (bicyclic) bond motifs is 1. The zero-order chi connectivity index (χ0) is 6.81. The van der Waals surface area contributed by atoms with E-state index in [9.17, 15) is 0 Å². The maximum Gasteiger partial charge on any atom is 0.0509 e. The fourth-order valence-corrected chi connectivity index (χ4v) is 2.00. The summed E-state index contributed by atoms with van der Waals surface area (Å²) >= 11 is 0. The van der Waals surface area contributed by atoms with E-state index in [1.165, 1.54) is 25.8 Å². The molecule has 0 aromatic heterocycles. The van der Waals surface area contributed by atoms with Crippen LogP contribution in [0, 0.1) is 5.92 Å². The molecule has 0 amide bonds. The maximum atomic E-state index is 5.47. The Hall–Kier alpha value is -0.0800. The third-order valence-electron chi connectivity index (χ3n) is 2.63. The van der Waals surface area contributed by atoms with Crippen LogP contribution in [0.3, 0.4) is 0 Å². The summed E-state index contributed by atoms with van der Waals surface area (Å²) < 4.78 is 5.47. The lowest BCUT2D eigenvalue weighted by molar-refractivity contribution is 0.116. The van der Waals surface area contributed by atoms with Crippen molar-refractivity contribution >= 4 is 0 Å². The van der Waals surface area contributed by atoms with E-state index in [4.69, 9.17) is 4.74 Å². The zero-order valence-corrected chi connectivity index (χ0v) is 6.31. The molecule has 2 nitrogen and oxygen atoms in total. The molecule has 2 aliphatic heterocycles. The highest BCUT2D eigenvalue weighted by atomic mass is 16.5. The van der Waals surface area contributed by atoms with E-state index in [0.29, 0.717) is 0 Å². The smallest absolute Gasteiger partial charge is 0.0509 e. The van der Waals surface area contributed by atoms with Gasteiger partial charge < -0.3 is 10.1 Å². The molecule has 2 unspecified atom stereocenters. The minimum Gasteiger partial charge on any atom is -0.381 e. The summed E-state index contributed by atoms with van der Waals surface area (Å²) in [6.45, 7) is 3.19. The van der Waals surface area contributed by atoms with Crippen LogP contribution in [0.1, 0.15) is 19.3 Å². The molecule has 10 heavy (non-hydrogen) atoms. The van der Waals surface area contributed by atoms with Gasteiger partial charge in [-0.05, 0) is 31.7 Å². The van der Waals surface area contributed by atoms with Crippen LogP contribution in [-0.4, -0.2) is 25.8 Å². The molecule has 2 aliphatic rings. The highest BCUT2D eigenvalue weighted by Crippen LogP contribution is 2.22. The number of rotatable bonds is 0. The van der Waals surface area contributed by atoms with E-state index >= 15 is 0 Å². The summed E-state index contributed by atoms with van der Waals surface area (Å²) in [5.41, 5.74) is 0. The minimum absolute atomic E-state index is 0.780. The van der Waals surface area contributed by atoms with E-state index in [1.807, 2.05) is 0 Å². The van der Waals surface area contributed by atoms with Crippen molar-refractivity contribution in [2.24, 2.45) is 5.92 Å². The van der Waals surface area contributed by atoms with Crippen LogP contribution < -0.4 is 5.32 Å². The number of ether oxygens (including phenoxy) is 1. The van der Waals surface area contributed by atoms with E-state index in [1.54, 1.807) is 0 Å². The Balaban J connectivity index is 1.95. The average Bonchev–Trinajstić information content (AvgIpc) is 2.28. The van der Waals surface area contributed by atoms with Gasteiger partial charge in [0, 0.05) is 12.6 Å². The molecule has 0 saturated carbocycles. The van der Waals surface area contributed by atoms with Crippen molar-refractivity contribution < 1.29 is 4.74 Å². The van der Waals surface area contributed by atoms with Crippen LogP contribution >= 0.6 is 0 Å². The summed E-state index contributed by atoms with van der Waals surface area (Å²) in [5, 5.41) is 3.52. The maximum absolute atomic E-state index is 5.47. The topological polar surface area (TPSA) is 21.3 Å². The molecular weight excluding hydrogens is 126 g/mol. The molecule has 2 saturated heterocycles. The molecule has 0 radical (unpaired) electrons. The fourth-order valence-electron chi connectivity index (χ4n) is 2.00. The molecule has 0 aromatic carbocycles. The SMILES string of the molecule is C1COCC2CCNC2C1. The van der Waals surface area contributed by atoms with Crippen molar-refractivity contribution in [2.75, 3.05) is 19.8 Å². The molecule has 58 valence electrons. The van der Waals surface area contributed by atoms with Gasteiger partial charge in [0.05, 0.1) is 6.61 Å². The lowest BCUT2D eigenvalue weighted by Crippen LogP contribution is -2.27. The van der Waals surface area contributed by atoms with Crippen molar-refractivity contribution in [1.82, 2.24) is 5.32 Å². The fraction of sp³-hybridized carbons (Fsp3) is 1.00. The predicted octanol–water partition coefficient (Wildman–Crippen LogP) is 0.775.